The molecule has 2 heterocycles. The minimum absolute atomic E-state index is 0.0403. The van der Waals surface area contributed by atoms with E-state index in [-0.39, 0.29) is 12.4 Å². The Morgan fingerprint density at radius 2 is 2.13 bits per heavy atom. The molecule has 0 atom stereocenters. The zero-order valence-electron chi connectivity index (χ0n) is 11.9. The van der Waals surface area contributed by atoms with Gasteiger partial charge in [0.25, 0.3) is 0 Å². The van der Waals surface area contributed by atoms with Gasteiger partial charge in [-0.2, -0.15) is 0 Å². The zero-order valence-corrected chi connectivity index (χ0v) is 13.5. The fourth-order valence-corrected chi connectivity index (χ4v) is 3.75. The van der Waals surface area contributed by atoms with Gasteiger partial charge in [-0.05, 0) is 24.3 Å². The second kappa shape index (κ2) is 5.60. The number of fused-ring (bicyclic) bond motifs is 2. The van der Waals surface area contributed by atoms with Crippen LogP contribution < -0.4 is 0 Å². The Morgan fingerprint density at radius 1 is 1.26 bits per heavy atom. The molecule has 6 heteroatoms. The molecule has 0 bridgehead atoms. The van der Waals surface area contributed by atoms with Crippen molar-refractivity contribution in [3.63, 3.8) is 0 Å². The van der Waals surface area contributed by atoms with Gasteiger partial charge in [0.1, 0.15) is 0 Å². The highest BCUT2D eigenvalue weighted by atomic mass is 35.5. The summed E-state index contributed by atoms with van der Waals surface area (Å²) in [6.45, 7) is 0.0403. The predicted octanol–water partition coefficient (Wildman–Crippen LogP) is 3.70. The van der Waals surface area contributed by atoms with E-state index in [4.69, 9.17) is 21.7 Å². The lowest BCUT2D eigenvalue weighted by Gasteiger charge is -2.17. The van der Waals surface area contributed by atoms with E-state index in [2.05, 4.69) is 4.98 Å². The summed E-state index contributed by atoms with van der Waals surface area (Å²) in [5, 5.41) is 11.3. The summed E-state index contributed by atoms with van der Waals surface area (Å²) in [5.74, 6) is 0.450. The Hall–Kier alpha value is -1.95. The first-order valence-corrected chi connectivity index (χ1v) is 8.43. The fraction of sp³-hybridized carbons (Fsp3) is 0.118. The van der Waals surface area contributed by atoms with Gasteiger partial charge in [-0.15, -0.1) is 11.8 Å². The van der Waals surface area contributed by atoms with E-state index < -0.39 is 0 Å². The molecular weight excluding hydrogens is 332 g/mol. The van der Waals surface area contributed by atoms with E-state index in [1.165, 1.54) is 11.8 Å². The monoisotopic (exact) mass is 342 g/mol. The molecule has 0 unspecified atom stereocenters. The minimum atomic E-state index is -0.0551. The summed E-state index contributed by atoms with van der Waals surface area (Å²) < 4.78 is 0. The first kappa shape index (κ1) is 14.6. The lowest BCUT2D eigenvalue weighted by Crippen LogP contribution is -2.08. The summed E-state index contributed by atoms with van der Waals surface area (Å²) >= 11 is 7.50. The Kier molecular flexibility index (Phi) is 3.56. The molecule has 1 aromatic carbocycles. The van der Waals surface area contributed by atoms with Crippen LogP contribution in [0.25, 0.3) is 26.7 Å². The number of allylic oxidation sites excluding steroid dienone is 1. The number of aromatic nitrogens is 2. The van der Waals surface area contributed by atoms with Crippen LogP contribution in [0.3, 0.4) is 0 Å². The maximum absolute atomic E-state index is 12.4. The van der Waals surface area contributed by atoms with Gasteiger partial charge in [-0.1, -0.05) is 11.6 Å². The van der Waals surface area contributed by atoms with Crippen molar-refractivity contribution in [2.24, 2.45) is 0 Å². The highest BCUT2D eigenvalue weighted by Crippen LogP contribution is 2.39. The van der Waals surface area contributed by atoms with Crippen LogP contribution >= 0.6 is 23.4 Å². The molecule has 3 aromatic rings. The third-order valence-electron chi connectivity index (χ3n) is 3.74. The molecule has 0 amide bonds. The van der Waals surface area contributed by atoms with Gasteiger partial charge in [0.2, 0.25) is 0 Å². The van der Waals surface area contributed by atoms with E-state index in [9.17, 15) is 4.79 Å². The molecule has 1 aliphatic rings. The number of nitrogens with zero attached hydrogens (tertiary/aromatic N) is 2. The molecule has 2 aromatic heterocycles. The van der Waals surface area contributed by atoms with E-state index in [1.54, 1.807) is 30.5 Å². The standard InChI is InChI=1S/C17H11ClN2O2S/c18-9-1-2-10-12(7-9)20-17-14(23-6-5-21)8-13(22)11-3-4-19-16(10)15(11)17/h1-4,7-8,21H,5-6H2. The third kappa shape index (κ3) is 2.32. The number of pyridine rings is 2. The van der Waals surface area contributed by atoms with Crippen LogP contribution in [0, 0.1) is 0 Å². The number of halogens is 1. The van der Waals surface area contributed by atoms with Crippen molar-refractivity contribution in [1.82, 2.24) is 9.97 Å². The number of thioether (sulfide) groups is 1. The van der Waals surface area contributed by atoms with Gasteiger partial charge in [-0.3, -0.25) is 9.78 Å². The van der Waals surface area contributed by atoms with Gasteiger partial charge in [0.15, 0.2) is 5.78 Å². The van der Waals surface area contributed by atoms with Crippen LogP contribution in [0.2, 0.25) is 5.02 Å². The van der Waals surface area contributed by atoms with Gasteiger partial charge in [0, 0.05) is 44.3 Å². The second-order valence-corrected chi connectivity index (χ2v) is 6.72. The first-order chi connectivity index (χ1) is 11.2. The number of aliphatic hydroxyl groups is 1. The van der Waals surface area contributed by atoms with Crippen LogP contribution in [0.5, 0.6) is 0 Å². The van der Waals surface area contributed by atoms with E-state index in [1.807, 2.05) is 6.07 Å². The molecule has 0 saturated heterocycles. The summed E-state index contributed by atoms with van der Waals surface area (Å²) in [5.41, 5.74) is 2.84. The van der Waals surface area contributed by atoms with Crippen LogP contribution in [0.4, 0.5) is 0 Å². The number of carbonyl (C=O) groups is 1. The average molecular weight is 343 g/mol. The molecule has 4 rings (SSSR count). The van der Waals surface area contributed by atoms with E-state index >= 15 is 0 Å². The molecule has 1 N–H and O–H groups in total. The normalized spacial score (nSPS) is 13.7. The molecule has 0 spiro atoms. The number of benzene rings is 1. The SMILES string of the molecule is O=C1C=C(SCCO)c2nc3cc(Cl)ccc3c3nccc1c23. The molecular formula is C17H11ClN2O2S. The fourth-order valence-electron chi connectivity index (χ4n) is 2.79. The highest BCUT2D eigenvalue weighted by molar-refractivity contribution is 8.08. The van der Waals surface area contributed by atoms with Crippen molar-refractivity contribution in [2.45, 2.75) is 0 Å². The zero-order chi connectivity index (χ0) is 16.0. The smallest absolute Gasteiger partial charge is 0.187 e. The maximum atomic E-state index is 12.4. The quantitative estimate of drug-likeness (QED) is 0.735. The number of hydrogen-bond acceptors (Lipinski definition) is 5. The van der Waals surface area contributed by atoms with Crippen molar-refractivity contribution < 1.29 is 9.90 Å². The molecule has 114 valence electrons. The molecule has 1 aliphatic carbocycles. The van der Waals surface area contributed by atoms with Gasteiger partial charge < -0.3 is 5.11 Å². The second-order valence-electron chi connectivity index (χ2n) is 5.15. The van der Waals surface area contributed by atoms with Crippen LogP contribution in [-0.2, 0) is 0 Å². The third-order valence-corrected chi connectivity index (χ3v) is 4.99. The topological polar surface area (TPSA) is 63.1 Å². The number of ketones is 1. The van der Waals surface area contributed by atoms with E-state index in [0.717, 1.165) is 32.4 Å². The van der Waals surface area contributed by atoms with Crippen molar-refractivity contribution in [3.05, 3.63) is 52.8 Å². The summed E-state index contributed by atoms with van der Waals surface area (Å²) in [4.78, 5) is 22.4. The largest absolute Gasteiger partial charge is 0.396 e. The van der Waals surface area contributed by atoms with Gasteiger partial charge in [-0.25, -0.2) is 4.98 Å². The highest BCUT2D eigenvalue weighted by Gasteiger charge is 2.24. The Bertz CT molecular complexity index is 1000. The van der Waals surface area contributed by atoms with E-state index in [0.29, 0.717) is 16.3 Å². The van der Waals surface area contributed by atoms with Crippen LogP contribution in [0.15, 0.2) is 36.5 Å². The summed E-state index contributed by atoms with van der Waals surface area (Å²) in [7, 11) is 0. The maximum Gasteiger partial charge on any atom is 0.187 e. The molecule has 0 aliphatic heterocycles. The van der Waals surface area contributed by atoms with Gasteiger partial charge in [0.05, 0.1) is 23.3 Å². The average Bonchev–Trinajstić information content (AvgIpc) is 2.56. The van der Waals surface area contributed by atoms with Gasteiger partial charge >= 0.3 is 0 Å². The number of hydrogen-bond donors (Lipinski definition) is 1. The number of carbonyl (C=O) groups excluding carboxylic acids is 1. The Balaban J connectivity index is 2.10. The Labute approximate surface area is 141 Å². The molecule has 4 nitrogen and oxygen atoms in total. The van der Waals surface area contributed by atoms with Crippen molar-refractivity contribution >= 4 is 55.9 Å². The number of aliphatic hydroxyl groups excluding tert-OH is 1. The predicted molar refractivity (Wildman–Crippen MR) is 93.9 cm³/mol. The molecule has 23 heavy (non-hydrogen) atoms. The minimum Gasteiger partial charge on any atom is -0.396 e. The molecule has 0 saturated carbocycles. The molecule has 0 radical (unpaired) electrons. The number of rotatable bonds is 3. The molecule has 0 fully saturated rings. The lowest BCUT2D eigenvalue weighted by molar-refractivity contribution is 0.104. The lowest BCUT2D eigenvalue weighted by atomic mass is 9.96. The summed E-state index contributed by atoms with van der Waals surface area (Å²) in [6.07, 6.45) is 3.23. The Morgan fingerprint density at radius 3 is 2.96 bits per heavy atom. The van der Waals surface area contributed by atoms with Crippen molar-refractivity contribution in [1.29, 1.82) is 0 Å². The van der Waals surface area contributed by atoms with Crippen LogP contribution in [0.1, 0.15) is 16.1 Å². The summed E-state index contributed by atoms with van der Waals surface area (Å²) in [6, 6.07) is 7.20. The van der Waals surface area contributed by atoms with Crippen molar-refractivity contribution in [3.8, 4) is 0 Å². The van der Waals surface area contributed by atoms with Crippen molar-refractivity contribution in [2.75, 3.05) is 12.4 Å². The van der Waals surface area contributed by atoms with Crippen LogP contribution in [-0.4, -0.2) is 33.2 Å². The first-order valence-electron chi connectivity index (χ1n) is 7.07.